The summed E-state index contributed by atoms with van der Waals surface area (Å²) in [6.07, 6.45) is -0.214. The highest BCUT2D eigenvalue weighted by atomic mass is 16.5. The number of rotatable bonds is 6. The van der Waals surface area contributed by atoms with Gasteiger partial charge >= 0.3 is 17.6 Å². The number of carbonyl (C=O) groups excluding carboxylic acids is 2. The van der Waals surface area contributed by atoms with Crippen LogP contribution in [0.25, 0.3) is 22.2 Å². The van der Waals surface area contributed by atoms with Gasteiger partial charge in [-0.05, 0) is 38.1 Å². The summed E-state index contributed by atoms with van der Waals surface area (Å²) in [5.74, 6) is -1.12. The summed E-state index contributed by atoms with van der Waals surface area (Å²) in [6.45, 7) is 3.77. The molecule has 144 valence electrons. The standard InChI is InChI=1S/C21H19NO6/c1-3-26-19(23)12-17-14(20(24)27-4-2)9-10-16(22-17)15-11-13-7-5-6-8-18(13)28-21(15)25/h5-11H,3-4,12H2,1-2H3. The fraction of sp³-hybridized carbons (Fsp3) is 0.238. The molecule has 0 saturated carbocycles. The van der Waals surface area contributed by atoms with Gasteiger partial charge in [0.25, 0.3) is 0 Å². The van der Waals surface area contributed by atoms with Gasteiger partial charge in [-0.1, -0.05) is 18.2 Å². The molecule has 7 nitrogen and oxygen atoms in total. The number of para-hydroxylation sites is 1. The van der Waals surface area contributed by atoms with Crippen LogP contribution in [0.1, 0.15) is 29.9 Å². The SMILES string of the molecule is CCOC(=O)Cc1nc(-c2cc3ccccc3oc2=O)ccc1C(=O)OCC. The van der Waals surface area contributed by atoms with Gasteiger partial charge in [0.15, 0.2) is 0 Å². The third-order valence-electron chi connectivity index (χ3n) is 4.00. The molecule has 7 heteroatoms. The Kier molecular flexibility index (Phi) is 5.84. The maximum atomic E-state index is 12.4. The van der Waals surface area contributed by atoms with Crippen molar-refractivity contribution < 1.29 is 23.5 Å². The van der Waals surface area contributed by atoms with Crippen molar-refractivity contribution in [1.29, 1.82) is 0 Å². The van der Waals surface area contributed by atoms with Crippen molar-refractivity contribution >= 4 is 22.9 Å². The number of aromatic nitrogens is 1. The van der Waals surface area contributed by atoms with Gasteiger partial charge in [0.1, 0.15) is 5.58 Å². The summed E-state index contributed by atoms with van der Waals surface area (Å²) in [6, 6.07) is 11.8. The fourth-order valence-electron chi connectivity index (χ4n) is 2.77. The Morgan fingerprint density at radius 2 is 1.79 bits per heavy atom. The number of fused-ring (bicyclic) bond motifs is 1. The molecular formula is C21H19NO6. The molecule has 3 aromatic rings. The van der Waals surface area contributed by atoms with Crippen LogP contribution in [0.4, 0.5) is 0 Å². The molecule has 0 unspecified atom stereocenters. The van der Waals surface area contributed by atoms with Crippen LogP contribution >= 0.6 is 0 Å². The molecule has 0 spiro atoms. The van der Waals surface area contributed by atoms with Crippen molar-refractivity contribution in [1.82, 2.24) is 4.98 Å². The summed E-state index contributed by atoms with van der Waals surface area (Å²) < 4.78 is 15.3. The van der Waals surface area contributed by atoms with E-state index in [1.807, 2.05) is 12.1 Å². The van der Waals surface area contributed by atoms with Crippen LogP contribution in [0.2, 0.25) is 0 Å². The fourth-order valence-corrected chi connectivity index (χ4v) is 2.77. The van der Waals surface area contributed by atoms with Crippen LogP contribution in [0, 0.1) is 0 Å². The number of nitrogens with zero attached hydrogens (tertiary/aromatic N) is 1. The molecule has 0 amide bonds. The maximum Gasteiger partial charge on any atom is 0.345 e. The summed E-state index contributed by atoms with van der Waals surface area (Å²) in [5, 5.41) is 0.736. The predicted octanol–water partition coefficient (Wildman–Crippen LogP) is 3.14. The number of carbonyl (C=O) groups is 2. The largest absolute Gasteiger partial charge is 0.466 e. The first-order valence-electron chi connectivity index (χ1n) is 8.89. The monoisotopic (exact) mass is 381 g/mol. The van der Waals surface area contributed by atoms with E-state index in [1.165, 1.54) is 12.1 Å². The smallest absolute Gasteiger partial charge is 0.345 e. The molecule has 28 heavy (non-hydrogen) atoms. The Bertz CT molecular complexity index is 1090. The van der Waals surface area contributed by atoms with E-state index in [0.29, 0.717) is 11.3 Å². The second-order valence-electron chi connectivity index (χ2n) is 5.88. The summed E-state index contributed by atoms with van der Waals surface area (Å²) in [5.41, 5.74) is 0.778. The van der Waals surface area contributed by atoms with Gasteiger partial charge < -0.3 is 13.9 Å². The van der Waals surface area contributed by atoms with E-state index in [9.17, 15) is 14.4 Å². The molecule has 0 bridgehead atoms. The lowest BCUT2D eigenvalue weighted by molar-refractivity contribution is -0.142. The first kappa shape index (κ1) is 19.3. The zero-order valence-electron chi connectivity index (χ0n) is 15.6. The van der Waals surface area contributed by atoms with Crippen molar-refractivity contribution in [2.45, 2.75) is 20.3 Å². The van der Waals surface area contributed by atoms with Gasteiger partial charge in [0, 0.05) is 5.39 Å². The van der Waals surface area contributed by atoms with E-state index < -0.39 is 17.6 Å². The molecule has 3 rings (SSSR count). The minimum atomic E-state index is -0.591. The molecule has 0 fully saturated rings. The minimum Gasteiger partial charge on any atom is -0.466 e. The third kappa shape index (κ3) is 4.09. The quantitative estimate of drug-likeness (QED) is 0.478. The lowest BCUT2D eigenvalue weighted by Gasteiger charge is -2.10. The van der Waals surface area contributed by atoms with Gasteiger partial charge in [-0.15, -0.1) is 0 Å². The van der Waals surface area contributed by atoms with E-state index in [-0.39, 0.29) is 36.5 Å². The molecule has 0 N–H and O–H groups in total. The molecule has 1 aromatic carbocycles. The van der Waals surface area contributed by atoms with Crippen molar-refractivity contribution in [2.75, 3.05) is 13.2 Å². The second kappa shape index (κ2) is 8.47. The lowest BCUT2D eigenvalue weighted by atomic mass is 10.1. The summed E-state index contributed by atoms with van der Waals surface area (Å²) in [7, 11) is 0. The molecule has 2 heterocycles. The van der Waals surface area contributed by atoms with Gasteiger partial charge in [-0.2, -0.15) is 0 Å². The van der Waals surface area contributed by atoms with Crippen molar-refractivity contribution in [3.8, 4) is 11.3 Å². The number of esters is 2. The third-order valence-corrected chi connectivity index (χ3v) is 4.00. The van der Waals surface area contributed by atoms with E-state index in [2.05, 4.69) is 4.98 Å². The number of ether oxygens (including phenoxy) is 2. The number of hydrogen-bond acceptors (Lipinski definition) is 7. The van der Waals surface area contributed by atoms with Gasteiger partial charge in [-0.25, -0.2) is 9.59 Å². The van der Waals surface area contributed by atoms with Crippen LogP contribution in [0.15, 0.2) is 51.7 Å². The van der Waals surface area contributed by atoms with Crippen molar-refractivity contribution in [3.05, 3.63) is 64.1 Å². The zero-order chi connectivity index (χ0) is 20.1. The molecule has 0 aliphatic heterocycles. The summed E-state index contributed by atoms with van der Waals surface area (Å²) >= 11 is 0. The van der Waals surface area contributed by atoms with Crippen molar-refractivity contribution in [3.63, 3.8) is 0 Å². The van der Waals surface area contributed by atoms with Crippen LogP contribution in [-0.4, -0.2) is 30.1 Å². The van der Waals surface area contributed by atoms with Gasteiger partial charge in [0.2, 0.25) is 0 Å². The molecule has 0 aliphatic rings. The minimum absolute atomic E-state index is 0.156. The highest BCUT2D eigenvalue weighted by Gasteiger charge is 2.19. The van der Waals surface area contributed by atoms with Gasteiger partial charge in [0.05, 0.1) is 42.1 Å². The Balaban J connectivity index is 2.09. The number of pyridine rings is 1. The topological polar surface area (TPSA) is 95.7 Å². The number of benzene rings is 1. The van der Waals surface area contributed by atoms with Crippen LogP contribution in [0.3, 0.4) is 0 Å². The molecule has 0 radical (unpaired) electrons. The maximum absolute atomic E-state index is 12.4. The Morgan fingerprint density at radius 3 is 2.54 bits per heavy atom. The molecule has 0 atom stereocenters. The molecular weight excluding hydrogens is 362 g/mol. The first-order chi connectivity index (χ1) is 13.5. The Morgan fingerprint density at radius 1 is 1.04 bits per heavy atom. The van der Waals surface area contributed by atoms with E-state index in [1.54, 1.807) is 32.0 Å². The van der Waals surface area contributed by atoms with Crippen LogP contribution in [0.5, 0.6) is 0 Å². The predicted molar refractivity (Wildman–Crippen MR) is 102 cm³/mol. The Labute approximate surface area is 160 Å². The van der Waals surface area contributed by atoms with Crippen molar-refractivity contribution in [2.24, 2.45) is 0 Å². The summed E-state index contributed by atoms with van der Waals surface area (Å²) in [4.78, 5) is 40.9. The zero-order valence-corrected chi connectivity index (χ0v) is 15.6. The lowest BCUT2D eigenvalue weighted by Crippen LogP contribution is -2.16. The number of hydrogen-bond donors (Lipinski definition) is 0. The average molecular weight is 381 g/mol. The highest BCUT2D eigenvalue weighted by molar-refractivity contribution is 5.92. The normalized spacial score (nSPS) is 10.6. The molecule has 0 saturated heterocycles. The second-order valence-corrected chi connectivity index (χ2v) is 5.88. The van der Waals surface area contributed by atoms with E-state index >= 15 is 0 Å². The molecule has 2 aromatic heterocycles. The highest BCUT2D eigenvalue weighted by Crippen LogP contribution is 2.22. The Hall–Kier alpha value is -3.48. The first-order valence-corrected chi connectivity index (χ1v) is 8.89. The van der Waals surface area contributed by atoms with Gasteiger partial charge in [-0.3, -0.25) is 9.78 Å². The average Bonchev–Trinajstić information content (AvgIpc) is 2.67. The molecule has 0 aliphatic carbocycles. The van der Waals surface area contributed by atoms with Crippen LogP contribution in [-0.2, 0) is 20.7 Å². The van der Waals surface area contributed by atoms with Crippen LogP contribution < -0.4 is 5.63 Å². The van der Waals surface area contributed by atoms with E-state index in [0.717, 1.165) is 5.39 Å². The van der Waals surface area contributed by atoms with E-state index in [4.69, 9.17) is 13.9 Å².